The first-order valence-electron chi connectivity index (χ1n) is 7.48. The summed E-state index contributed by atoms with van der Waals surface area (Å²) in [6.45, 7) is 3.19. The molecule has 4 heteroatoms. The summed E-state index contributed by atoms with van der Waals surface area (Å²) in [5.41, 5.74) is 0.640. The SMILES string of the molecule is Cc1ccc(OCC2CCC(CNC3CC3)O2)cc1F. The Morgan fingerprint density at radius 3 is 2.80 bits per heavy atom. The van der Waals surface area contributed by atoms with Crippen LogP contribution in [-0.4, -0.2) is 31.4 Å². The maximum atomic E-state index is 13.4. The second-order valence-corrected chi connectivity index (χ2v) is 5.86. The van der Waals surface area contributed by atoms with Gasteiger partial charge in [-0.1, -0.05) is 6.07 Å². The zero-order valence-corrected chi connectivity index (χ0v) is 11.9. The molecule has 1 heterocycles. The summed E-state index contributed by atoms with van der Waals surface area (Å²) in [6.07, 6.45) is 5.14. The van der Waals surface area contributed by atoms with E-state index in [0.29, 0.717) is 24.0 Å². The Balaban J connectivity index is 1.41. The van der Waals surface area contributed by atoms with Gasteiger partial charge in [-0.3, -0.25) is 0 Å². The van der Waals surface area contributed by atoms with E-state index in [4.69, 9.17) is 9.47 Å². The number of nitrogens with one attached hydrogen (secondary N) is 1. The molecule has 1 aromatic carbocycles. The molecule has 0 amide bonds. The molecule has 3 rings (SSSR count). The molecule has 1 aliphatic heterocycles. The lowest BCUT2D eigenvalue weighted by atomic mass is 10.2. The van der Waals surface area contributed by atoms with Crippen LogP contribution in [0.3, 0.4) is 0 Å². The van der Waals surface area contributed by atoms with Crippen LogP contribution in [0.4, 0.5) is 4.39 Å². The van der Waals surface area contributed by atoms with E-state index in [-0.39, 0.29) is 11.9 Å². The van der Waals surface area contributed by atoms with Gasteiger partial charge in [0.2, 0.25) is 0 Å². The standard InChI is InChI=1S/C16H22FNO2/c1-11-2-5-13(8-16(11)17)19-10-15-7-6-14(20-15)9-18-12-3-4-12/h2,5,8,12,14-15,18H,3-4,6-7,9-10H2,1H3. The Labute approximate surface area is 119 Å². The van der Waals surface area contributed by atoms with Crippen LogP contribution in [0.25, 0.3) is 0 Å². The molecule has 3 nitrogen and oxygen atoms in total. The molecule has 2 atom stereocenters. The Kier molecular flexibility index (Phi) is 4.22. The van der Waals surface area contributed by atoms with Crippen molar-refractivity contribution in [3.05, 3.63) is 29.6 Å². The van der Waals surface area contributed by atoms with Crippen molar-refractivity contribution in [2.45, 2.75) is 50.9 Å². The molecule has 20 heavy (non-hydrogen) atoms. The number of hydrogen-bond acceptors (Lipinski definition) is 3. The minimum atomic E-state index is -0.221. The summed E-state index contributed by atoms with van der Waals surface area (Å²) in [5, 5.41) is 3.49. The Morgan fingerprint density at radius 2 is 2.05 bits per heavy atom. The lowest BCUT2D eigenvalue weighted by molar-refractivity contribution is 0.0184. The molecular weight excluding hydrogens is 257 g/mol. The van der Waals surface area contributed by atoms with Gasteiger partial charge in [-0.15, -0.1) is 0 Å². The topological polar surface area (TPSA) is 30.5 Å². The molecule has 0 bridgehead atoms. The van der Waals surface area contributed by atoms with Gasteiger partial charge in [-0.25, -0.2) is 4.39 Å². The van der Waals surface area contributed by atoms with Crippen LogP contribution in [0.5, 0.6) is 5.75 Å². The molecule has 2 unspecified atom stereocenters. The fourth-order valence-electron chi connectivity index (χ4n) is 2.49. The van der Waals surface area contributed by atoms with Gasteiger partial charge in [0.1, 0.15) is 18.2 Å². The third-order valence-corrected chi connectivity index (χ3v) is 3.99. The van der Waals surface area contributed by atoms with Gasteiger partial charge in [0.15, 0.2) is 0 Å². The second kappa shape index (κ2) is 6.10. The van der Waals surface area contributed by atoms with Gasteiger partial charge in [-0.2, -0.15) is 0 Å². The fraction of sp³-hybridized carbons (Fsp3) is 0.625. The predicted molar refractivity (Wildman–Crippen MR) is 75.6 cm³/mol. The van der Waals surface area contributed by atoms with E-state index in [1.54, 1.807) is 19.1 Å². The molecule has 1 saturated carbocycles. The molecule has 2 aliphatic rings. The van der Waals surface area contributed by atoms with E-state index in [9.17, 15) is 4.39 Å². The number of ether oxygens (including phenoxy) is 2. The number of benzene rings is 1. The first kappa shape index (κ1) is 13.8. The second-order valence-electron chi connectivity index (χ2n) is 5.86. The number of hydrogen-bond donors (Lipinski definition) is 1. The van der Waals surface area contributed by atoms with E-state index in [2.05, 4.69) is 5.32 Å². The van der Waals surface area contributed by atoms with Crippen molar-refractivity contribution in [3.63, 3.8) is 0 Å². The van der Waals surface area contributed by atoms with E-state index in [1.807, 2.05) is 0 Å². The maximum absolute atomic E-state index is 13.4. The van der Waals surface area contributed by atoms with Gasteiger partial charge in [0.25, 0.3) is 0 Å². The van der Waals surface area contributed by atoms with Gasteiger partial charge >= 0.3 is 0 Å². The van der Waals surface area contributed by atoms with Crippen molar-refractivity contribution >= 4 is 0 Å². The summed E-state index contributed by atoms with van der Waals surface area (Å²) in [6, 6.07) is 5.71. The highest BCUT2D eigenvalue weighted by Gasteiger charge is 2.28. The van der Waals surface area contributed by atoms with Crippen LogP contribution < -0.4 is 10.1 Å². The minimum Gasteiger partial charge on any atom is -0.491 e. The molecule has 0 radical (unpaired) electrons. The Hall–Kier alpha value is -1.13. The van der Waals surface area contributed by atoms with Crippen LogP contribution in [-0.2, 0) is 4.74 Å². The fourth-order valence-corrected chi connectivity index (χ4v) is 2.49. The van der Waals surface area contributed by atoms with E-state index >= 15 is 0 Å². The summed E-state index contributed by atoms with van der Waals surface area (Å²) in [4.78, 5) is 0. The highest BCUT2D eigenvalue weighted by atomic mass is 19.1. The number of rotatable bonds is 6. The highest BCUT2D eigenvalue weighted by molar-refractivity contribution is 5.28. The minimum absolute atomic E-state index is 0.130. The molecule has 0 spiro atoms. The van der Waals surface area contributed by atoms with E-state index in [1.165, 1.54) is 18.9 Å². The zero-order valence-electron chi connectivity index (χ0n) is 11.9. The van der Waals surface area contributed by atoms with Crippen LogP contribution in [0.15, 0.2) is 18.2 Å². The summed E-state index contributed by atoms with van der Waals surface area (Å²) >= 11 is 0. The third-order valence-electron chi connectivity index (χ3n) is 3.99. The molecule has 1 aromatic rings. The molecule has 0 aromatic heterocycles. The first-order valence-corrected chi connectivity index (χ1v) is 7.48. The number of halogens is 1. The van der Waals surface area contributed by atoms with Crippen molar-refractivity contribution < 1.29 is 13.9 Å². The largest absolute Gasteiger partial charge is 0.491 e. The first-order chi connectivity index (χ1) is 9.70. The van der Waals surface area contributed by atoms with Crippen molar-refractivity contribution in [2.75, 3.05) is 13.2 Å². The average molecular weight is 279 g/mol. The molecule has 2 fully saturated rings. The monoisotopic (exact) mass is 279 g/mol. The van der Waals surface area contributed by atoms with Gasteiger partial charge in [-0.05, 0) is 44.2 Å². The van der Waals surface area contributed by atoms with Crippen LogP contribution in [0.2, 0.25) is 0 Å². The van der Waals surface area contributed by atoms with Gasteiger partial charge in [0.05, 0.1) is 12.2 Å². The molecule has 1 saturated heterocycles. The smallest absolute Gasteiger partial charge is 0.129 e. The Morgan fingerprint density at radius 1 is 1.25 bits per heavy atom. The quantitative estimate of drug-likeness (QED) is 0.868. The molecule has 1 N–H and O–H groups in total. The van der Waals surface area contributed by atoms with Crippen molar-refractivity contribution in [2.24, 2.45) is 0 Å². The van der Waals surface area contributed by atoms with Crippen molar-refractivity contribution in [1.82, 2.24) is 5.32 Å². The lowest BCUT2D eigenvalue weighted by Crippen LogP contribution is -2.29. The highest BCUT2D eigenvalue weighted by Crippen LogP contribution is 2.23. The average Bonchev–Trinajstić information content (AvgIpc) is 3.16. The molecular formula is C16H22FNO2. The Bertz CT molecular complexity index is 462. The van der Waals surface area contributed by atoms with Crippen LogP contribution in [0.1, 0.15) is 31.2 Å². The van der Waals surface area contributed by atoms with E-state index in [0.717, 1.165) is 25.4 Å². The summed E-state index contributed by atoms with van der Waals surface area (Å²) < 4.78 is 25.0. The summed E-state index contributed by atoms with van der Waals surface area (Å²) in [7, 11) is 0. The lowest BCUT2D eigenvalue weighted by Gasteiger charge is -2.15. The molecule has 110 valence electrons. The van der Waals surface area contributed by atoms with Crippen molar-refractivity contribution in [3.8, 4) is 5.75 Å². The zero-order chi connectivity index (χ0) is 13.9. The third kappa shape index (κ3) is 3.70. The van der Waals surface area contributed by atoms with E-state index < -0.39 is 0 Å². The van der Waals surface area contributed by atoms with Crippen molar-refractivity contribution in [1.29, 1.82) is 0 Å². The summed E-state index contributed by atoms with van der Waals surface area (Å²) in [5.74, 6) is 0.359. The number of aryl methyl sites for hydroxylation is 1. The van der Waals surface area contributed by atoms with Crippen LogP contribution in [0, 0.1) is 12.7 Å². The van der Waals surface area contributed by atoms with Gasteiger partial charge in [0, 0.05) is 18.7 Å². The maximum Gasteiger partial charge on any atom is 0.129 e. The molecule has 1 aliphatic carbocycles. The van der Waals surface area contributed by atoms with Gasteiger partial charge < -0.3 is 14.8 Å². The normalized spacial score (nSPS) is 25.9. The predicted octanol–water partition coefficient (Wildman–Crippen LogP) is 2.81. The van der Waals surface area contributed by atoms with Crippen LogP contribution >= 0.6 is 0 Å².